The van der Waals surface area contributed by atoms with Crippen molar-refractivity contribution in [2.24, 2.45) is 0 Å². The van der Waals surface area contributed by atoms with E-state index in [1.807, 2.05) is 36.9 Å². The quantitative estimate of drug-likeness (QED) is 0.753. The Morgan fingerprint density at radius 1 is 0.875 bits per heavy atom. The fourth-order valence-corrected chi connectivity index (χ4v) is 4.12. The topological polar surface area (TPSA) is 73.0 Å². The number of hydrogen-bond donors (Lipinski definition) is 1. The van der Waals surface area contributed by atoms with E-state index in [1.54, 1.807) is 24.3 Å². The summed E-state index contributed by atoms with van der Waals surface area (Å²) < 4.78 is 0. The molecule has 2 aliphatic rings. The molecule has 0 radical (unpaired) electrons. The Hall–Kier alpha value is -3.45. The van der Waals surface area contributed by atoms with Crippen molar-refractivity contribution >= 4 is 34.7 Å². The fraction of sp³-hybridized carbons (Fsp3) is 0.320. The molecule has 1 N–H and O–H groups in total. The standard InChI is InChI=1S/C25H28N4O3/c1-16-5-10-21(15-17(16)2)29-24(31)22(19-6-8-20(9-7-19)26-18(3)30)23(25(29)32)28-13-11-27(4)12-14-28/h5-10,15H,11-14H2,1-4H3,(H,26,30). The second-order valence-electron chi connectivity index (χ2n) is 8.49. The third-order valence-electron chi connectivity index (χ3n) is 6.12. The molecule has 2 heterocycles. The number of nitrogens with zero attached hydrogens (tertiary/aromatic N) is 3. The van der Waals surface area contributed by atoms with Crippen LogP contribution in [0.3, 0.4) is 0 Å². The second-order valence-corrected chi connectivity index (χ2v) is 8.49. The number of nitrogens with one attached hydrogen (secondary N) is 1. The van der Waals surface area contributed by atoms with Crippen molar-refractivity contribution in [1.29, 1.82) is 0 Å². The van der Waals surface area contributed by atoms with Gasteiger partial charge < -0.3 is 15.1 Å². The summed E-state index contributed by atoms with van der Waals surface area (Å²) in [6.07, 6.45) is 0. The monoisotopic (exact) mass is 432 g/mol. The summed E-state index contributed by atoms with van der Waals surface area (Å²) in [6, 6.07) is 12.7. The van der Waals surface area contributed by atoms with Crippen molar-refractivity contribution in [3.8, 4) is 0 Å². The summed E-state index contributed by atoms with van der Waals surface area (Å²) in [6.45, 7) is 8.43. The van der Waals surface area contributed by atoms with Gasteiger partial charge >= 0.3 is 0 Å². The largest absolute Gasteiger partial charge is 0.364 e. The van der Waals surface area contributed by atoms with E-state index >= 15 is 0 Å². The van der Waals surface area contributed by atoms with E-state index in [-0.39, 0.29) is 17.7 Å². The minimum Gasteiger partial charge on any atom is -0.364 e. The molecule has 2 aromatic rings. The first-order valence-corrected chi connectivity index (χ1v) is 10.8. The number of rotatable bonds is 4. The molecule has 1 fully saturated rings. The average Bonchev–Trinajstić information content (AvgIpc) is 3.01. The van der Waals surface area contributed by atoms with Gasteiger partial charge in [0.1, 0.15) is 5.70 Å². The van der Waals surface area contributed by atoms with Gasteiger partial charge in [0.15, 0.2) is 0 Å². The number of benzene rings is 2. The number of likely N-dealkylation sites (N-methyl/N-ethyl adjacent to an activating group) is 1. The molecule has 0 atom stereocenters. The molecule has 0 bridgehead atoms. The van der Waals surface area contributed by atoms with E-state index in [4.69, 9.17) is 0 Å². The zero-order chi connectivity index (χ0) is 23.0. The Balaban J connectivity index is 1.77. The molecule has 2 aliphatic heterocycles. The first-order valence-electron chi connectivity index (χ1n) is 10.8. The maximum absolute atomic E-state index is 13.6. The van der Waals surface area contributed by atoms with Gasteiger partial charge in [-0.15, -0.1) is 0 Å². The predicted octanol–water partition coefficient (Wildman–Crippen LogP) is 2.79. The van der Waals surface area contributed by atoms with Crippen LogP contribution in [0.4, 0.5) is 11.4 Å². The molecule has 3 amide bonds. The highest BCUT2D eigenvalue weighted by atomic mass is 16.2. The van der Waals surface area contributed by atoms with E-state index < -0.39 is 0 Å². The zero-order valence-electron chi connectivity index (χ0n) is 18.9. The van der Waals surface area contributed by atoms with Crippen molar-refractivity contribution in [2.45, 2.75) is 20.8 Å². The molecule has 0 aromatic heterocycles. The number of carbonyl (C=O) groups is 3. The first-order chi connectivity index (χ1) is 15.3. The van der Waals surface area contributed by atoms with Gasteiger partial charge in [-0.3, -0.25) is 14.4 Å². The molecule has 7 nitrogen and oxygen atoms in total. The van der Waals surface area contributed by atoms with Crippen molar-refractivity contribution in [1.82, 2.24) is 9.80 Å². The van der Waals surface area contributed by atoms with Gasteiger partial charge in [-0.05, 0) is 61.9 Å². The van der Waals surface area contributed by atoms with Gasteiger partial charge in [0.25, 0.3) is 11.8 Å². The van der Waals surface area contributed by atoms with Crippen LogP contribution in [0.15, 0.2) is 48.2 Å². The van der Waals surface area contributed by atoms with Crippen LogP contribution in [-0.2, 0) is 14.4 Å². The van der Waals surface area contributed by atoms with Gasteiger partial charge in [0.2, 0.25) is 5.91 Å². The molecule has 0 unspecified atom stereocenters. The van der Waals surface area contributed by atoms with Gasteiger partial charge in [-0.1, -0.05) is 18.2 Å². The Kier molecular flexibility index (Phi) is 5.84. The lowest BCUT2D eigenvalue weighted by Crippen LogP contribution is -2.46. The molecule has 32 heavy (non-hydrogen) atoms. The van der Waals surface area contributed by atoms with Crippen LogP contribution in [0.2, 0.25) is 0 Å². The maximum atomic E-state index is 13.6. The van der Waals surface area contributed by atoms with Crippen LogP contribution in [0.25, 0.3) is 5.57 Å². The normalized spacial score (nSPS) is 17.4. The average molecular weight is 433 g/mol. The molecule has 7 heteroatoms. The summed E-state index contributed by atoms with van der Waals surface area (Å²) in [5.74, 6) is -0.772. The van der Waals surface area contributed by atoms with Gasteiger partial charge in [-0.25, -0.2) is 4.90 Å². The summed E-state index contributed by atoms with van der Waals surface area (Å²) in [7, 11) is 2.05. The van der Waals surface area contributed by atoms with Crippen molar-refractivity contribution in [3.05, 3.63) is 64.9 Å². The fourth-order valence-electron chi connectivity index (χ4n) is 4.12. The number of carbonyl (C=O) groups excluding carboxylic acids is 3. The van der Waals surface area contributed by atoms with E-state index in [1.165, 1.54) is 11.8 Å². The zero-order valence-corrected chi connectivity index (χ0v) is 18.9. The Morgan fingerprint density at radius 2 is 1.53 bits per heavy atom. The molecular formula is C25H28N4O3. The number of imide groups is 1. The molecule has 0 aliphatic carbocycles. The SMILES string of the molecule is CC(=O)Nc1ccc(C2=C(N3CCN(C)CC3)C(=O)N(c3ccc(C)c(C)c3)C2=O)cc1. The lowest BCUT2D eigenvalue weighted by atomic mass is 10.0. The van der Waals surface area contributed by atoms with E-state index in [2.05, 4.69) is 17.3 Å². The highest BCUT2D eigenvalue weighted by Crippen LogP contribution is 2.36. The maximum Gasteiger partial charge on any atom is 0.282 e. The number of amides is 3. The van der Waals surface area contributed by atoms with Gasteiger partial charge in [0.05, 0.1) is 11.3 Å². The minimum atomic E-state index is -0.320. The van der Waals surface area contributed by atoms with Crippen LogP contribution in [0.1, 0.15) is 23.6 Å². The number of piperazine rings is 1. The van der Waals surface area contributed by atoms with Gasteiger partial charge in [0, 0.05) is 38.8 Å². The molecular weight excluding hydrogens is 404 g/mol. The highest BCUT2D eigenvalue weighted by molar-refractivity contribution is 6.45. The van der Waals surface area contributed by atoms with Crippen LogP contribution < -0.4 is 10.2 Å². The Labute approximate surface area is 188 Å². The van der Waals surface area contributed by atoms with Crippen molar-refractivity contribution in [3.63, 3.8) is 0 Å². The molecule has 2 aromatic carbocycles. The summed E-state index contributed by atoms with van der Waals surface area (Å²) in [4.78, 5) is 44.1. The van der Waals surface area contributed by atoms with Crippen LogP contribution >= 0.6 is 0 Å². The van der Waals surface area contributed by atoms with Gasteiger partial charge in [-0.2, -0.15) is 0 Å². The number of aryl methyl sites for hydroxylation is 2. The molecule has 1 saturated heterocycles. The van der Waals surface area contributed by atoms with Crippen LogP contribution in [0, 0.1) is 13.8 Å². The lowest BCUT2D eigenvalue weighted by Gasteiger charge is -2.34. The molecule has 166 valence electrons. The van der Waals surface area contributed by atoms with Crippen molar-refractivity contribution in [2.75, 3.05) is 43.4 Å². The second kappa shape index (κ2) is 8.59. The molecule has 0 spiro atoms. The smallest absolute Gasteiger partial charge is 0.282 e. The number of hydrogen-bond acceptors (Lipinski definition) is 5. The highest BCUT2D eigenvalue weighted by Gasteiger charge is 2.43. The predicted molar refractivity (Wildman–Crippen MR) is 125 cm³/mol. The summed E-state index contributed by atoms with van der Waals surface area (Å²) in [5, 5.41) is 2.73. The molecule has 4 rings (SSSR count). The van der Waals surface area contributed by atoms with Crippen molar-refractivity contribution < 1.29 is 14.4 Å². The summed E-state index contributed by atoms with van der Waals surface area (Å²) >= 11 is 0. The Morgan fingerprint density at radius 3 is 2.12 bits per heavy atom. The van der Waals surface area contributed by atoms with E-state index in [0.717, 1.165) is 24.2 Å². The summed E-state index contributed by atoms with van der Waals surface area (Å²) in [5.41, 5.74) is 4.88. The minimum absolute atomic E-state index is 0.164. The number of anilines is 2. The van der Waals surface area contributed by atoms with Crippen LogP contribution in [0.5, 0.6) is 0 Å². The van der Waals surface area contributed by atoms with Crippen LogP contribution in [-0.4, -0.2) is 60.7 Å². The van der Waals surface area contributed by atoms with E-state index in [0.29, 0.717) is 41.3 Å². The van der Waals surface area contributed by atoms with E-state index in [9.17, 15) is 14.4 Å². The lowest BCUT2D eigenvalue weighted by molar-refractivity contribution is -0.121. The molecule has 0 saturated carbocycles. The third kappa shape index (κ3) is 4.03. The first kappa shape index (κ1) is 21.8. The third-order valence-corrected chi connectivity index (χ3v) is 6.12. The Bertz CT molecular complexity index is 1110.